The predicted molar refractivity (Wildman–Crippen MR) is 173 cm³/mol. The van der Waals surface area contributed by atoms with Crippen LogP contribution in [0.3, 0.4) is 0 Å². The van der Waals surface area contributed by atoms with Crippen LogP contribution in [0.4, 0.5) is 16.2 Å². The maximum Gasteiger partial charge on any atom is 0.352 e. The van der Waals surface area contributed by atoms with E-state index in [-0.39, 0.29) is 24.5 Å². The molecule has 3 aromatic carbocycles. The lowest BCUT2D eigenvalue weighted by molar-refractivity contribution is 0.0657. The number of aromatic nitrogens is 3. The quantitative estimate of drug-likeness (QED) is 0.272. The first-order valence-corrected chi connectivity index (χ1v) is 15.1. The largest absolute Gasteiger partial charge is 0.508 e. The van der Waals surface area contributed by atoms with E-state index in [1.54, 1.807) is 71.8 Å². The standard InChI is InChI=1S/C35H29N7O5/c1-22-15-23-5-2-3-6-24(23)19-39(22)34(44)29-17-32-31(46-21-47-32)16-28(29)30-7-4-14-40(38-30)35(45)42(25-8-10-27(43)11-9-25)26-18-36-33-12-13-37-41(33)20-26/h2-14,16-18,20,22,38,43H,15,19,21H2,1H3/t22-/m1/s1. The van der Waals surface area contributed by atoms with Gasteiger partial charge in [-0.25, -0.2) is 19.3 Å². The number of nitrogens with one attached hydrogen (secondary N) is 1. The highest BCUT2D eigenvalue weighted by Crippen LogP contribution is 2.39. The normalized spacial score (nSPS) is 16.4. The molecule has 3 aliphatic rings. The Morgan fingerprint density at radius 2 is 1.79 bits per heavy atom. The first-order valence-electron chi connectivity index (χ1n) is 15.1. The number of ether oxygens (including phenoxy) is 2. The number of phenolic OH excluding ortho intramolecular Hbond substituents is 1. The number of phenols is 1. The van der Waals surface area contributed by atoms with Gasteiger partial charge in [0.2, 0.25) is 6.79 Å². The molecule has 0 fully saturated rings. The monoisotopic (exact) mass is 627 g/mol. The molecule has 0 saturated heterocycles. The summed E-state index contributed by atoms with van der Waals surface area (Å²) >= 11 is 0. The average Bonchev–Trinajstić information content (AvgIpc) is 3.77. The SMILES string of the molecule is C[C@@H]1Cc2ccccc2CN1C(=O)c1cc2c(cc1C1=CC=CN(C(=O)N(c3ccc(O)cc3)c3cnc4ccnn4c3)N1)OCO2. The Balaban J connectivity index is 1.14. The Morgan fingerprint density at radius 3 is 2.62 bits per heavy atom. The second kappa shape index (κ2) is 11.2. The van der Waals surface area contributed by atoms with E-state index in [1.165, 1.54) is 27.6 Å². The van der Waals surface area contributed by atoms with Crippen molar-refractivity contribution < 1.29 is 24.2 Å². The van der Waals surface area contributed by atoms with Gasteiger partial charge in [-0.05, 0) is 73.0 Å². The fraction of sp³-hybridized carbons (Fsp3) is 0.143. The molecule has 0 aliphatic carbocycles. The number of hydrogen-bond acceptors (Lipinski definition) is 8. The fourth-order valence-corrected chi connectivity index (χ4v) is 6.13. The minimum atomic E-state index is -0.472. The van der Waals surface area contributed by atoms with Gasteiger partial charge in [0.05, 0.1) is 41.2 Å². The summed E-state index contributed by atoms with van der Waals surface area (Å²) in [6.45, 7) is 2.58. The van der Waals surface area contributed by atoms with Crippen LogP contribution in [0.25, 0.3) is 11.3 Å². The molecule has 0 saturated carbocycles. The Hall–Kier alpha value is -6.30. The topological polar surface area (TPSA) is 125 Å². The first-order chi connectivity index (χ1) is 22.9. The maximum absolute atomic E-state index is 14.3. The zero-order valence-corrected chi connectivity index (χ0v) is 25.3. The fourth-order valence-electron chi connectivity index (χ4n) is 6.13. The summed E-state index contributed by atoms with van der Waals surface area (Å²) in [6.07, 6.45) is 10.8. The molecule has 0 radical (unpaired) electrons. The van der Waals surface area contributed by atoms with Crippen molar-refractivity contribution in [2.24, 2.45) is 0 Å². The van der Waals surface area contributed by atoms with Crippen LogP contribution in [0.5, 0.6) is 17.2 Å². The van der Waals surface area contributed by atoms with Crippen molar-refractivity contribution in [3.8, 4) is 17.2 Å². The van der Waals surface area contributed by atoms with Gasteiger partial charge in [0.1, 0.15) is 5.75 Å². The number of aromatic hydroxyl groups is 1. The number of allylic oxidation sites excluding steroid dienone is 2. The van der Waals surface area contributed by atoms with Gasteiger partial charge in [-0.15, -0.1) is 0 Å². The highest BCUT2D eigenvalue weighted by atomic mass is 16.7. The predicted octanol–water partition coefficient (Wildman–Crippen LogP) is 5.38. The molecule has 47 heavy (non-hydrogen) atoms. The number of nitrogens with zero attached hydrogens (tertiary/aromatic N) is 6. The van der Waals surface area contributed by atoms with Crippen molar-refractivity contribution in [3.63, 3.8) is 0 Å². The Morgan fingerprint density at radius 1 is 1.00 bits per heavy atom. The third kappa shape index (κ3) is 5.05. The molecule has 5 heterocycles. The third-order valence-electron chi connectivity index (χ3n) is 8.54. The van der Waals surface area contributed by atoms with Crippen LogP contribution in [-0.4, -0.2) is 54.4 Å². The number of amides is 3. The molecule has 12 nitrogen and oxygen atoms in total. The van der Waals surface area contributed by atoms with Crippen LogP contribution in [-0.2, 0) is 13.0 Å². The van der Waals surface area contributed by atoms with Gasteiger partial charge in [-0.1, -0.05) is 24.3 Å². The van der Waals surface area contributed by atoms with Crippen molar-refractivity contribution in [3.05, 3.63) is 126 Å². The van der Waals surface area contributed by atoms with Crippen LogP contribution in [0.2, 0.25) is 0 Å². The summed E-state index contributed by atoms with van der Waals surface area (Å²) in [5.74, 6) is 0.907. The molecule has 8 rings (SSSR count). The number of benzene rings is 3. The van der Waals surface area contributed by atoms with Crippen LogP contribution in [0.1, 0.15) is 34.0 Å². The van der Waals surface area contributed by atoms with Crippen molar-refractivity contribution in [1.29, 1.82) is 0 Å². The minimum Gasteiger partial charge on any atom is -0.508 e. The third-order valence-corrected chi connectivity index (χ3v) is 8.54. The summed E-state index contributed by atoms with van der Waals surface area (Å²) in [5.41, 5.74) is 8.62. The molecular formula is C35H29N7O5. The van der Waals surface area contributed by atoms with E-state index in [4.69, 9.17) is 9.47 Å². The summed E-state index contributed by atoms with van der Waals surface area (Å²) in [5, 5.41) is 15.5. The lowest BCUT2D eigenvalue weighted by Crippen LogP contribution is -2.46. The molecular weight excluding hydrogens is 598 g/mol. The van der Waals surface area contributed by atoms with E-state index in [0.717, 1.165) is 12.0 Å². The summed E-state index contributed by atoms with van der Waals surface area (Å²) < 4.78 is 12.9. The Labute approximate surface area is 269 Å². The van der Waals surface area contributed by atoms with Crippen molar-refractivity contribution in [2.75, 3.05) is 11.7 Å². The molecule has 0 spiro atoms. The molecule has 3 aliphatic heterocycles. The van der Waals surface area contributed by atoms with Crippen molar-refractivity contribution in [2.45, 2.75) is 25.9 Å². The smallest absolute Gasteiger partial charge is 0.352 e. The molecule has 12 heteroatoms. The van der Waals surface area contributed by atoms with Gasteiger partial charge in [-0.2, -0.15) is 5.10 Å². The Bertz CT molecular complexity index is 2110. The van der Waals surface area contributed by atoms with Crippen LogP contribution >= 0.6 is 0 Å². The van der Waals surface area contributed by atoms with E-state index in [1.807, 2.05) is 17.0 Å². The number of carbonyl (C=O) groups excluding carboxylic acids is 2. The molecule has 5 aromatic rings. The lowest BCUT2D eigenvalue weighted by Gasteiger charge is -2.36. The van der Waals surface area contributed by atoms with Gasteiger partial charge in [0, 0.05) is 30.4 Å². The molecule has 2 aromatic heterocycles. The highest BCUT2D eigenvalue weighted by molar-refractivity contribution is 6.02. The minimum absolute atomic E-state index is 0.0264. The summed E-state index contributed by atoms with van der Waals surface area (Å²) in [7, 11) is 0. The van der Waals surface area contributed by atoms with Gasteiger partial charge < -0.3 is 19.5 Å². The second-order valence-electron chi connectivity index (χ2n) is 11.5. The van der Waals surface area contributed by atoms with Crippen molar-refractivity contribution >= 4 is 34.7 Å². The van der Waals surface area contributed by atoms with Gasteiger partial charge in [-0.3, -0.25) is 15.1 Å². The lowest BCUT2D eigenvalue weighted by atomic mass is 9.93. The number of hydrazine groups is 1. The van der Waals surface area contributed by atoms with Crippen molar-refractivity contribution in [1.82, 2.24) is 29.9 Å². The number of hydrogen-bond donors (Lipinski definition) is 2. The van der Waals surface area contributed by atoms with Gasteiger partial charge >= 0.3 is 6.03 Å². The Kier molecular flexibility index (Phi) is 6.75. The second-order valence-corrected chi connectivity index (χ2v) is 11.5. The maximum atomic E-state index is 14.3. The highest BCUT2D eigenvalue weighted by Gasteiger charge is 2.33. The molecule has 1 atom stereocenters. The van der Waals surface area contributed by atoms with E-state index >= 15 is 0 Å². The number of urea groups is 1. The van der Waals surface area contributed by atoms with Gasteiger partial charge in [0.25, 0.3) is 5.91 Å². The molecule has 0 bridgehead atoms. The molecule has 0 unspecified atom stereocenters. The molecule has 2 N–H and O–H groups in total. The zero-order chi connectivity index (χ0) is 32.1. The average molecular weight is 628 g/mol. The van der Waals surface area contributed by atoms with Crippen LogP contribution in [0.15, 0.2) is 104 Å². The van der Waals surface area contributed by atoms with Crippen LogP contribution < -0.4 is 19.8 Å². The number of fused-ring (bicyclic) bond motifs is 3. The number of carbonyl (C=O) groups is 2. The van der Waals surface area contributed by atoms with Gasteiger partial charge in [0.15, 0.2) is 17.1 Å². The summed E-state index contributed by atoms with van der Waals surface area (Å²) in [4.78, 5) is 36.4. The summed E-state index contributed by atoms with van der Waals surface area (Å²) in [6, 6.07) is 19.2. The molecule has 234 valence electrons. The zero-order valence-electron chi connectivity index (χ0n) is 25.3. The van der Waals surface area contributed by atoms with E-state index in [0.29, 0.717) is 51.9 Å². The number of anilines is 2. The number of rotatable bonds is 4. The van der Waals surface area contributed by atoms with E-state index in [2.05, 4.69) is 34.6 Å². The van der Waals surface area contributed by atoms with Crippen LogP contribution in [0, 0.1) is 0 Å². The molecule has 3 amide bonds. The first kappa shape index (κ1) is 28.2. The van der Waals surface area contributed by atoms with E-state index < -0.39 is 6.03 Å². The van der Waals surface area contributed by atoms with E-state index in [9.17, 15) is 14.7 Å².